The average molecular weight is 250 g/mol. The highest BCUT2D eigenvalue weighted by Gasteiger charge is 2.14. The molecule has 1 N–H and O–H groups in total. The predicted octanol–water partition coefficient (Wildman–Crippen LogP) is 3.19. The van der Waals surface area contributed by atoms with Gasteiger partial charge in [0, 0.05) is 18.3 Å². The summed E-state index contributed by atoms with van der Waals surface area (Å²) < 4.78 is 14.9. The van der Waals surface area contributed by atoms with Gasteiger partial charge in [-0.25, -0.2) is 4.39 Å². The first-order chi connectivity index (χ1) is 8.00. The Morgan fingerprint density at radius 3 is 2.47 bits per heavy atom. The lowest BCUT2D eigenvalue weighted by atomic mass is 10.2. The molecule has 0 bridgehead atoms. The van der Waals surface area contributed by atoms with E-state index in [1.807, 2.05) is 0 Å². The van der Waals surface area contributed by atoms with E-state index in [9.17, 15) is 9.18 Å². The van der Waals surface area contributed by atoms with Gasteiger partial charge >= 0.3 is 0 Å². The molecule has 2 rings (SSSR count). The quantitative estimate of drug-likeness (QED) is 0.656. The number of imidazole rings is 1. The number of nitrogens with zero attached hydrogens (tertiary/aromatic N) is 1. The van der Waals surface area contributed by atoms with Crippen LogP contribution >= 0.6 is 12.2 Å². The summed E-state index contributed by atoms with van der Waals surface area (Å²) in [6.07, 6.45) is 0. The fourth-order valence-corrected chi connectivity index (χ4v) is 2.15. The van der Waals surface area contributed by atoms with Crippen molar-refractivity contribution in [2.75, 3.05) is 0 Å². The number of ketones is 1. The largest absolute Gasteiger partial charge is 0.334 e. The second kappa shape index (κ2) is 4.25. The van der Waals surface area contributed by atoms with E-state index in [0.717, 1.165) is 0 Å². The van der Waals surface area contributed by atoms with Crippen LogP contribution in [-0.4, -0.2) is 15.3 Å². The number of carbonyl (C=O) groups is 1. The zero-order chi connectivity index (χ0) is 12.6. The zero-order valence-electron chi connectivity index (χ0n) is 9.45. The minimum atomic E-state index is -0.322. The summed E-state index contributed by atoms with van der Waals surface area (Å²) >= 11 is 5.16. The molecule has 0 unspecified atom stereocenters. The van der Waals surface area contributed by atoms with Crippen LogP contribution in [0.5, 0.6) is 0 Å². The van der Waals surface area contributed by atoms with E-state index in [1.54, 1.807) is 23.6 Å². The van der Waals surface area contributed by atoms with Crippen LogP contribution in [0.3, 0.4) is 0 Å². The van der Waals surface area contributed by atoms with Crippen molar-refractivity contribution in [3.05, 3.63) is 46.2 Å². The van der Waals surface area contributed by atoms with Gasteiger partial charge in [0.25, 0.3) is 0 Å². The summed E-state index contributed by atoms with van der Waals surface area (Å²) in [6.45, 7) is 3.26. The van der Waals surface area contributed by atoms with Crippen LogP contribution in [0.25, 0.3) is 5.69 Å². The van der Waals surface area contributed by atoms with Crippen LogP contribution in [0.4, 0.5) is 4.39 Å². The first kappa shape index (κ1) is 11.7. The number of Topliss-reactive ketones (excluding diaryl/α,β-unsaturated/α-hetero) is 1. The molecule has 2 aromatic rings. The van der Waals surface area contributed by atoms with Crippen LogP contribution < -0.4 is 0 Å². The van der Waals surface area contributed by atoms with Gasteiger partial charge < -0.3 is 4.98 Å². The lowest BCUT2D eigenvalue weighted by molar-refractivity contribution is 0.101. The summed E-state index contributed by atoms with van der Waals surface area (Å²) in [4.78, 5) is 14.5. The monoisotopic (exact) mass is 250 g/mol. The molecular weight excluding hydrogens is 239 g/mol. The Bertz CT molecular complexity index is 625. The number of aromatic nitrogens is 2. The molecule has 0 amide bonds. The van der Waals surface area contributed by atoms with Gasteiger partial charge in [-0.3, -0.25) is 9.36 Å². The minimum absolute atomic E-state index is 0.0841. The van der Waals surface area contributed by atoms with E-state index < -0.39 is 0 Å². The third kappa shape index (κ3) is 2.06. The van der Waals surface area contributed by atoms with E-state index >= 15 is 0 Å². The number of aromatic amines is 1. The smallest absolute Gasteiger partial charge is 0.182 e. The molecule has 0 saturated carbocycles. The number of carbonyl (C=O) groups excluding carboxylic acids is 1. The van der Waals surface area contributed by atoms with Gasteiger partial charge in [-0.05, 0) is 43.4 Å². The van der Waals surface area contributed by atoms with E-state index in [1.165, 1.54) is 19.1 Å². The number of benzene rings is 1. The van der Waals surface area contributed by atoms with Crippen molar-refractivity contribution in [3.63, 3.8) is 0 Å². The van der Waals surface area contributed by atoms with Crippen molar-refractivity contribution >= 4 is 18.0 Å². The number of hydrogen-bond donors (Lipinski definition) is 1. The normalized spacial score (nSPS) is 10.5. The molecule has 0 atom stereocenters. The van der Waals surface area contributed by atoms with Gasteiger partial charge in [-0.2, -0.15) is 0 Å². The fraction of sp³-hybridized carbons (Fsp3) is 0.167. The Labute approximate surface area is 103 Å². The minimum Gasteiger partial charge on any atom is -0.334 e. The third-order valence-electron chi connectivity index (χ3n) is 2.49. The second-order valence-electron chi connectivity index (χ2n) is 3.77. The molecule has 17 heavy (non-hydrogen) atoms. The highest BCUT2D eigenvalue weighted by Crippen LogP contribution is 2.17. The van der Waals surface area contributed by atoms with Gasteiger partial charge in [0.2, 0.25) is 0 Å². The molecule has 3 nitrogen and oxygen atoms in total. The molecule has 5 heteroatoms. The number of rotatable bonds is 2. The molecule has 0 spiro atoms. The molecule has 1 aromatic carbocycles. The summed E-state index contributed by atoms with van der Waals surface area (Å²) in [5.41, 5.74) is 1.89. The lowest BCUT2D eigenvalue weighted by Gasteiger charge is -2.06. The Balaban J connectivity index is 2.70. The zero-order valence-corrected chi connectivity index (χ0v) is 10.3. The lowest BCUT2D eigenvalue weighted by Crippen LogP contribution is -2.05. The Hall–Kier alpha value is -1.75. The molecular formula is C12H11FN2OS. The molecule has 1 aromatic heterocycles. The summed E-state index contributed by atoms with van der Waals surface area (Å²) in [5.74, 6) is -0.406. The van der Waals surface area contributed by atoms with Crippen LogP contribution in [0, 0.1) is 17.5 Å². The maximum atomic E-state index is 12.9. The van der Waals surface area contributed by atoms with Crippen molar-refractivity contribution in [1.29, 1.82) is 0 Å². The maximum Gasteiger partial charge on any atom is 0.182 e. The predicted molar refractivity (Wildman–Crippen MR) is 65.7 cm³/mol. The molecule has 0 aliphatic rings. The highest BCUT2D eigenvalue weighted by atomic mass is 32.1. The average Bonchev–Trinajstić information content (AvgIpc) is 2.55. The third-order valence-corrected chi connectivity index (χ3v) is 2.78. The topological polar surface area (TPSA) is 37.8 Å². The number of hydrogen-bond acceptors (Lipinski definition) is 2. The molecule has 0 fully saturated rings. The van der Waals surface area contributed by atoms with Crippen LogP contribution in [0.2, 0.25) is 0 Å². The molecule has 0 aliphatic heterocycles. The number of halogens is 1. The van der Waals surface area contributed by atoms with Crippen molar-refractivity contribution < 1.29 is 9.18 Å². The Morgan fingerprint density at radius 2 is 1.94 bits per heavy atom. The van der Waals surface area contributed by atoms with Crippen LogP contribution in [0.1, 0.15) is 23.1 Å². The van der Waals surface area contributed by atoms with Crippen LogP contribution in [-0.2, 0) is 0 Å². The van der Waals surface area contributed by atoms with E-state index in [2.05, 4.69) is 4.98 Å². The number of H-pyrrole nitrogens is 1. The van der Waals surface area contributed by atoms with Crippen molar-refractivity contribution in [1.82, 2.24) is 9.55 Å². The number of nitrogens with one attached hydrogen (secondary N) is 1. The first-order valence-electron chi connectivity index (χ1n) is 5.09. The highest BCUT2D eigenvalue weighted by molar-refractivity contribution is 7.71. The van der Waals surface area contributed by atoms with Gasteiger partial charge in [-0.1, -0.05) is 0 Å². The van der Waals surface area contributed by atoms with Gasteiger partial charge in [-0.15, -0.1) is 0 Å². The first-order valence-corrected chi connectivity index (χ1v) is 5.50. The van der Waals surface area contributed by atoms with E-state index in [4.69, 9.17) is 12.2 Å². The van der Waals surface area contributed by atoms with Crippen LogP contribution in [0.15, 0.2) is 24.3 Å². The Morgan fingerprint density at radius 1 is 1.35 bits per heavy atom. The van der Waals surface area contributed by atoms with Gasteiger partial charge in [0.15, 0.2) is 10.6 Å². The second-order valence-corrected chi connectivity index (χ2v) is 4.16. The van der Waals surface area contributed by atoms with Crippen molar-refractivity contribution in [2.45, 2.75) is 13.8 Å². The number of aryl methyl sites for hydroxylation is 1. The standard InChI is InChI=1S/C12H11FN2OS/c1-7-11(8(2)16)15(12(17)14-7)10-5-3-9(13)4-6-10/h3-6H,1-2H3,(H,14,17). The summed E-state index contributed by atoms with van der Waals surface area (Å²) in [5, 5.41) is 0. The molecule has 88 valence electrons. The maximum absolute atomic E-state index is 12.9. The van der Waals surface area contributed by atoms with Crippen molar-refractivity contribution in [2.24, 2.45) is 0 Å². The van der Waals surface area contributed by atoms with E-state index in [0.29, 0.717) is 21.8 Å². The SMILES string of the molecule is CC(=O)c1c(C)[nH]c(=S)n1-c1ccc(F)cc1. The van der Waals surface area contributed by atoms with Gasteiger partial charge in [0.05, 0.1) is 0 Å². The summed E-state index contributed by atoms with van der Waals surface area (Å²) in [7, 11) is 0. The van der Waals surface area contributed by atoms with E-state index in [-0.39, 0.29) is 11.6 Å². The fourth-order valence-electron chi connectivity index (χ4n) is 1.80. The molecule has 1 heterocycles. The Kier molecular flexibility index (Phi) is 2.93. The molecule has 0 saturated heterocycles. The molecule has 0 radical (unpaired) electrons. The van der Waals surface area contributed by atoms with Gasteiger partial charge in [0.1, 0.15) is 11.5 Å². The van der Waals surface area contributed by atoms with Crippen molar-refractivity contribution in [3.8, 4) is 5.69 Å². The molecule has 0 aliphatic carbocycles. The summed E-state index contributed by atoms with van der Waals surface area (Å²) in [6, 6.07) is 5.85.